The minimum absolute atomic E-state index is 0.197. The molecule has 232 valence electrons. The normalized spacial score (nSPS) is 11.2. The summed E-state index contributed by atoms with van der Waals surface area (Å²) in [5.74, 6) is 1.06. The number of phenols is 5. The first-order valence-corrected chi connectivity index (χ1v) is 15.3. The molecular formula is C40H42O5. The van der Waals surface area contributed by atoms with Crippen molar-refractivity contribution in [3.8, 4) is 28.7 Å². The van der Waals surface area contributed by atoms with Crippen LogP contribution < -0.4 is 0 Å². The molecule has 0 aliphatic rings. The minimum Gasteiger partial charge on any atom is -0.508 e. The van der Waals surface area contributed by atoms with E-state index in [1.54, 1.807) is 12.1 Å². The monoisotopic (exact) mass is 602 g/mol. The molecule has 45 heavy (non-hydrogen) atoms. The molecule has 0 aromatic heterocycles. The van der Waals surface area contributed by atoms with Gasteiger partial charge in [-0.25, -0.2) is 0 Å². The number of hydrogen-bond acceptors (Lipinski definition) is 5. The number of rotatable bonds is 8. The summed E-state index contributed by atoms with van der Waals surface area (Å²) in [5.41, 5.74) is 12.1. The van der Waals surface area contributed by atoms with Gasteiger partial charge in [-0.15, -0.1) is 0 Å². The van der Waals surface area contributed by atoms with E-state index >= 15 is 0 Å². The lowest BCUT2D eigenvalue weighted by Crippen LogP contribution is -2.02. The molecule has 0 radical (unpaired) electrons. The van der Waals surface area contributed by atoms with Crippen LogP contribution in [0.15, 0.2) is 66.7 Å². The SMILES string of the molecule is Cc1ccc(O)c(Cc2cc(Cc3cc(C)c(C)c(Cc4cc(C)c(O)c(Cc5cc(C)ccc5O)c4)c3O)cc(C)c2O)c1. The Kier molecular flexibility index (Phi) is 8.83. The second-order valence-corrected chi connectivity index (χ2v) is 12.6. The van der Waals surface area contributed by atoms with Gasteiger partial charge in [0.2, 0.25) is 0 Å². The van der Waals surface area contributed by atoms with Gasteiger partial charge >= 0.3 is 0 Å². The van der Waals surface area contributed by atoms with Gasteiger partial charge in [0, 0.05) is 31.2 Å². The fourth-order valence-corrected chi connectivity index (χ4v) is 6.29. The minimum atomic E-state index is 0.197. The van der Waals surface area contributed by atoms with Gasteiger partial charge < -0.3 is 25.5 Å². The summed E-state index contributed by atoms with van der Waals surface area (Å²) in [6, 6.07) is 20.8. The average molecular weight is 603 g/mol. The van der Waals surface area contributed by atoms with Crippen LogP contribution in [-0.4, -0.2) is 25.5 Å². The maximum absolute atomic E-state index is 11.6. The maximum Gasteiger partial charge on any atom is 0.122 e. The zero-order chi connectivity index (χ0) is 32.6. The maximum atomic E-state index is 11.6. The van der Waals surface area contributed by atoms with E-state index in [1.165, 1.54) is 0 Å². The molecule has 0 amide bonds. The molecule has 0 unspecified atom stereocenters. The molecule has 5 rings (SSSR count). The molecule has 0 heterocycles. The van der Waals surface area contributed by atoms with Gasteiger partial charge in [-0.2, -0.15) is 0 Å². The highest BCUT2D eigenvalue weighted by molar-refractivity contribution is 5.56. The number of hydrogen-bond donors (Lipinski definition) is 5. The lowest BCUT2D eigenvalue weighted by molar-refractivity contribution is 0.459. The second-order valence-electron chi connectivity index (χ2n) is 12.6. The van der Waals surface area contributed by atoms with Gasteiger partial charge in [0.05, 0.1) is 0 Å². The number of benzene rings is 5. The summed E-state index contributed by atoms with van der Waals surface area (Å²) in [6.45, 7) is 11.7. The van der Waals surface area contributed by atoms with Crippen molar-refractivity contribution >= 4 is 0 Å². The molecule has 0 atom stereocenters. The van der Waals surface area contributed by atoms with Crippen molar-refractivity contribution in [2.24, 2.45) is 0 Å². The van der Waals surface area contributed by atoms with Crippen LogP contribution in [0.5, 0.6) is 28.7 Å². The van der Waals surface area contributed by atoms with Crippen molar-refractivity contribution in [3.63, 3.8) is 0 Å². The zero-order valence-electron chi connectivity index (χ0n) is 26.9. The third kappa shape index (κ3) is 6.78. The van der Waals surface area contributed by atoms with Crippen LogP contribution in [0, 0.1) is 41.5 Å². The Morgan fingerprint density at radius 1 is 0.400 bits per heavy atom. The predicted octanol–water partition coefficient (Wildman–Crippen LogP) is 8.43. The van der Waals surface area contributed by atoms with Gasteiger partial charge in [0.1, 0.15) is 28.7 Å². The summed E-state index contributed by atoms with van der Waals surface area (Å²) in [7, 11) is 0. The first-order chi connectivity index (χ1) is 21.3. The van der Waals surface area contributed by atoms with Crippen LogP contribution in [0.3, 0.4) is 0 Å². The quantitative estimate of drug-likeness (QED) is 0.123. The van der Waals surface area contributed by atoms with Gasteiger partial charge in [-0.05, 0) is 115 Å². The second kappa shape index (κ2) is 12.6. The highest BCUT2D eigenvalue weighted by Gasteiger charge is 2.18. The lowest BCUT2D eigenvalue weighted by Gasteiger charge is -2.18. The average Bonchev–Trinajstić information content (AvgIpc) is 2.98. The van der Waals surface area contributed by atoms with Crippen molar-refractivity contribution in [3.05, 3.63) is 145 Å². The molecular weight excluding hydrogens is 560 g/mol. The third-order valence-electron chi connectivity index (χ3n) is 8.91. The topological polar surface area (TPSA) is 101 Å². The van der Waals surface area contributed by atoms with Crippen molar-refractivity contribution in [2.45, 2.75) is 67.2 Å². The zero-order valence-corrected chi connectivity index (χ0v) is 26.9. The van der Waals surface area contributed by atoms with Gasteiger partial charge in [-0.3, -0.25) is 0 Å². The smallest absolute Gasteiger partial charge is 0.122 e. The van der Waals surface area contributed by atoms with Crippen LogP contribution in [0.25, 0.3) is 0 Å². The summed E-state index contributed by atoms with van der Waals surface area (Å²) in [4.78, 5) is 0. The molecule has 0 fully saturated rings. The van der Waals surface area contributed by atoms with E-state index in [2.05, 4.69) is 0 Å². The third-order valence-corrected chi connectivity index (χ3v) is 8.91. The van der Waals surface area contributed by atoms with E-state index in [0.717, 1.165) is 77.9 Å². The molecule has 5 nitrogen and oxygen atoms in total. The highest BCUT2D eigenvalue weighted by Crippen LogP contribution is 2.36. The molecule has 0 aliphatic heterocycles. The standard InChI is InChI=1S/C40H42O5/c1-22-7-9-36(41)30(11-22)20-33-17-28(13-25(4)38(33)43)16-32-15-24(3)27(6)35(40(32)45)19-29-14-26(5)39(44)34(18-29)21-31-12-23(2)8-10-37(31)42/h7-15,17-18,41-45H,16,19-21H2,1-6H3. The van der Waals surface area contributed by atoms with Crippen LogP contribution in [0.4, 0.5) is 0 Å². The molecule has 5 aromatic rings. The van der Waals surface area contributed by atoms with E-state index in [4.69, 9.17) is 0 Å². The summed E-state index contributed by atoms with van der Waals surface area (Å²) in [5, 5.41) is 54.2. The van der Waals surface area contributed by atoms with Crippen molar-refractivity contribution in [1.82, 2.24) is 0 Å². The predicted molar refractivity (Wildman–Crippen MR) is 180 cm³/mol. The molecule has 5 N–H and O–H groups in total. The summed E-state index contributed by atoms with van der Waals surface area (Å²) in [6.07, 6.45) is 1.73. The van der Waals surface area contributed by atoms with Gasteiger partial charge in [0.15, 0.2) is 0 Å². The van der Waals surface area contributed by atoms with E-state index in [1.807, 2.05) is 96.1 Å². The van der Waals surface area contributed by atoms with Crippen molar-refractivity contribution < 1.29 is 25.5 Å². The molecule has 0 saturated carbocycles. The van der Waals surface area contributed by atoms with Crippen molar-refractivity contribution in [1.29, 1.82) is 0 Å². The largest absolute Gasteiger partial charge is 0.508 e. The van der Waals surface area contributed by atoms with E-state index in [0.29, 0.717) is 25.7 Å². The van der Waals surface area contributed by atoms with E-state index < -0.39 is 0 Å². The molecule has 0 spiro atoms. The number of aryl methyl sites for hydroxylation is 5. The molecule has 0 bridgehead atoms. The van der Waals surface area contributed by atoms with Crippen molar-refractivity contribution in [2.75, 3.05) is 0 Å². The van der Waals surface area contributed by atoms with E-state index in [9.17, 15) is 25.5 Å². The van der Waals surface area contributed by atoms with Crippen LogP contribution in [0.1, 0.15) is 77.9 Å². The fourth-order valence-electron chi connectivity index (χ4n) is 6.29. The Morgan fingerprint density at radius 2 is 0.844 bits per heavy atom. The van der Waals surface area contributed by atoms with Crippen LogP contribution in [0.2, 0.25) is 0 Å². The van der Waals surface area contributed by atoms with Gasteiger partial charge in [0.25, 0.3) is 0 Å². The number of aromatic hydroxyl groups is 5. The highest BCUT2D eigenvalue weighted by atomic mass is 16.3. The summed E-state index contributed by atoms with van der Waals surface area (Å²) < 4.78 is 0. The Bertz CT molecular complexity index is 1920. The lowest BCUT2D eigenvalue weighted by atomic mass is 9.88. The molecule has 5 heteroatoms. The Morgan fingerprint density at radius 3 is 1.33 bits per heavy atom. The Hall–Kier alpha value is -4.90. The Labute approximate surface area is 265 Å². The van der Waals surface area contributed by atoms with E-state index in [-0.39, 0.29) is 28.7 Å². The fraction of sp³-hybridized carbons (Fsp3) is 0.250. The van der Waals surface area contributed by atoms with Gasteiger partial charge in [-0.1, -0.05) is 65.7 Å². The summed E-state index contributed by atoms with van der Waals surface area (Å²) >= 11 is 0. The van der Waals surface area contributed by atoms with Crippen LogP contribution in [-0.2, 0) is 25.7 Å². The molecule has 0 saturated heterocycles. The first-order valence-electron chi connectivity index (χ1n) is 15.3. The number of phenolic OH excluding ortho intramolecular Hbond substituents is 5. The Balaban J connectivity index is 1.48. The first kappa shape index (κ1) is 31.5. The molecule has 5 aromatic carbocycles. The molecule has 0 aliphatic carbocycles. The van der Waals surface area contributed by atoms with Crippen LogP contribution >= 0.6 is 0 Å².